The largest absolute Gasteiger partial charge is 0.341 e. The van der Waals surface area contributed by atoms with E-state index in [0.29, 0.717) is 0 Å². The molecule has 0 saturated heterocycles. The molecule has 4 heteroatoms. The van der Waals surface area contributed by atoms with E-state index in [1.165, 1.54) is 0 Å². The van der Waals surface area contributed by atoms with Gasteiger partial charge in [-0.2, -0.15) is 0 Å². The summed E-state index contributed by atoms with van der Waals surface area (Å²) >= 11 is 0. The fraction of sp³-hybridized carbons (Fsp3) is 0.400. The molecule has 0 atom stereocenters. The first-order valence-corrected chi connectivity index (χ1v) is 4.69. The van der Waals surface area contributed by atoms with Gasteiger partial charge in [-0.25, -0.2) is 4.98 Å². The van der Waals surface area contributed by atoms with Crippen molar-refractivity contribution >= 4 is 11.0 Å². The molecule has 0 amide bonds. The summed E-state index contributed by atoms with van der Waals surface area (Å²) in [5.74, 6) is 1.03. The summed E-state index contributed by atoms with van der Waals surface area (Å²) in [6.07, 6.45) is 4.52. The van der Waals surface area contributed by atoms with Crippen molar-refractivity contribution in [2.45, 2.75) is 6.42 Å². The van der Waals surface area contributed by atoms with Gasteiger partial charge in [0.15, 0.2) is 0 Å². The number of likely N-dealkylation sites (N-methyl/N-ethyl adjacent to an activating group) is 1. The topological polar surface area (TPSA) is 44.8 Å². The van der Waals surface area contributed by atoms with Crippen LogP contribution in [0.25, 0.3) is 11.0 Å². The minimum atomic E-state index is 0.946. The summed E-state index contributed by atoms with van der Waals surface area (Å²) in [4.78, 5) is 13.9. The van der Waals surface area contributed by atoms with E-state index in [-0.39, 0.29) is 0 Å². The smallest absolute Gasteiger partial charge is 0.108 e. The number of hydrogen-bond acceptors (Lipinski definition) is 3. The average Bonchev–Trinajstić information content (AvgIpc) is 2.57. The normalized spacial score (nSPS) is 11.4. The van der Waals surface area contributed by atoms with Crippen molar-refractivity contribution < 1.29 is 0 Å². The van der Waals surface area contributed by atoms with Crippen molar-refractivity contribution in [3.8, 4) is 0 Å². The highest BCUT2D eigenvalue weighted by molar-refractivity contribution is 5.73. The highest BCUT2D eigenvalue weighted by Crippen LogP contribution is 2.08. The van der Waals surface area contributed by atoms with Crippen LogP contribution in [-0.2, 0) is 6.42 Å². The number of fused-ring (bicyclic) bond motifs is 1. The Kier molecular flexibility index (Phi) is 2.45. The van der Waals surface area contributed by atoms with E-state index in [1.54, 1.807) is 6.20 Å². The molecule has 2 aromatic heterocycles. The molecule has 14 heavy (non-hydrogen) atoms. The number of aromatic nitrogens is 3. The second-order valence-electron chi connectivity index (χ2n) is 3.63. The summed E-state index contributed by atoms with van der Waals surface area (Å²) in [6, 6.07) is 1.92. The van der Waals surface area contributed by atoms with Crippen molar-refractivity contribution in [1.29, 1.82) is 0 Å². The molecule has 1 N–H and O–H groups in total. The zero-order valence-electron chi connectivity index (χ0n) is 8.49. The molecule has 0 aliphatic heterocycles. The van der Waals surface area contributed by atoms with Crippen LogP contribution < -0.4 is 0 Å². The molecule has 0 saturated carbocycles. The van der Waals surface area contributed by atoms with Crippen LogP contribution in [0, 0.1) is 0 Å². The lowest BCUT2D eigenvalue weighted by molar-refractivity contribution is 0.410. The molecule has 74 valence electrons. The Labute approximate surface area is 83.0 Å². The van der Waals surface area contributed by atoms with E-state index in [1.807, 2.05) is 12.3 Å². The van der Waals surface area contributed by atoms with Crippen LogP contribution in [0.4, 0.5) is 0 Å². The molecule has 0 spiro atoms. The van der Waals surface area contributed by atoms with Crippen LogP contribution in [0.2, 0.25) is 0 Å². The number of aromatic amines is 1. The number of rotatable bonds is 3. The van der Waals surface area contributed by atoms with Crippen molar-refractivity contribution in [2.75, 3.05) is 20.6 Å². The fourth-order valence-corrected chi connectivity index (χ4v) is 1.36. The van der Waals surface area contributed by atoms with Gasteiger partial charge in [0.25, 0.3) is 0 Å². The summed E-state index contributed by atoms with van der Waals surface area (Å²) in [5, 5.41) is 0. The monoisotopic (exact) mass is 190 g/mol. The zero-order chi connectivity index (χ0) is 9.97. The van der Waals surface area contributed by atoms with Gasteiger partial charge in [0.1, 0.15) is 5.82 Å². The van der Waals surface area contributed by atoms with Crippen molar-refractivity contribution in [3.05, 3.63) is 24.3 Å². The van der Waals surface area contributed by atoms with Gasteiger partial charge in [-0.1, -0.05) is 0 Å². The van der Waals surface area contributed by atoms with Gasteiger partial charge in [-0.05, 0) is 20.2 Å². The summed E-state index contributed by atoms with van der Waals surface area (Å²) in [6.45, 7) is 1.01. The maximum absolute atomic E-state index is 4.46. The third-order valence-electron chi connectivity index (χ3n) is 2.13. The lowest BCUT2D eigenvalue weighted by Crippen LogP contribution is -2.15. The first-order chi connectivity index (χ1) is 6.75. The molecular weight excluding hydrogens is 176 g/mol. The molecule has 0 bridgehead atoms. The van der Waals surface area contributed by atoms with Gasteiger partial charge in [0.2, 0.25) is 0 Å². The molecule has 0 unspecified atom stereocenters. The number of nitrogens with one attached hydrogen (secondary N) is 1. The van der Waals surface area contributed by atoms with Crippen LogP contribution in [0.15, 0.2) is 18.5 Å². The minimum absolute atomic E-state index is 0.946. The van der Waals surface area contributed by atoms with E-state index in [2.05, 4.69) is 33.9 Å². The van der Waals surface area contributed by atoms with Crippen LogP contribution in [0.1, 0.15) is 5.82 Å². The Morgan fingerprint density at radius 2 is 2.29 bits per heavy atom. The zero-order valence-corrected chi connectivity index (χ0v) is 8.49. The highest BCUT2D eigenvalue weighted by Gasteiger charge is 2.01. The van der Waals surface area contributed by atoms with E-state index in [9.17, 15) is 0 Å². The van der Waals surface area contributed by atoms with Gasteiger partial charge in [0, 0.05) is 19.2 Å². The van der Waals surface area contributed by atoms with Gasteiger partial charge in [0.05, 0.1) is 17.2 Å². The van der Waals surface area contributed by atoms with E-state index in [0.717, 1.165) is 29.8 Å². The molecule has 2 rings (SSSR count). The number of pyridine rings is 1. The van der Waals surface area contributed by atoms with E-state index < -0.39 is 0 Å². The lowest BCUT2D eigenvalue weighted by Gasteiger charge is -2.06. The van der Waals surface area contributed by atoms with Crippen LogP contribution in [-0.4, -0.2) is 40.5 Å². The summed E-state index contributed by atoms with van der Waals surface area (Å²) in [7, 11) is 4.12. The van der Waals surface area contributed by atoms with Gasteiger partial charge < -0.3 is 9.88 Å². The highest BCUT2D eigenvalue weighted by atomic mass is 15.1. The third-order valence-corrected chi connectivity index (χ3v) is 2.13. The minimum Gasteiger partial charge on any atom is -0.341 e. The number of imidazole rings is 1. The standard InChI is InChI=1S/C10H14N4/c1-14(2)6-4-10-12-8-3-5-11-7-9(8)13-10/h3,5,7H,4,6H2,1-2H3,(H,12,13). The average molecular weight is 190 g/mol. The van der Waals surface area contributed by atoms with E-state index >= 15 is 0 Å². The van der Waals surface area contributed by atoms with E-state index in [4.69, 9.17) is 0 Å². The number of nitrogens with zero attached hydrogens (tertiary/aromatic N) is 3. The molecule has 0 fully saturated rings. The predicted molar refractivity (Wildman–Crippen MR) is 56.1 cm³/mol. The third kappa shape index (κ3) is 1.90. The molecule has 0 aromatic carbocycles. The maximum atomic E-state index is 4.46. The Hall–Kier alpha value is -1.42. The van der Waals surface area contributed by atoms with Crippen LogP contribution in [0.5, 0.6) is 0 Å². The Morgan fingerprint density at radius 3 is 3.00 bits per heavy atom. The summed E-state index contributed by atoms with van der Waals surface area (Å²) in [5.41, 5.74) is 2.01. The van der Waals surface area contributed by atoms with Gasteiger partial charge in [-0.15, -0.1) is 0 Å². The van der Waals surface area contributed by atoms with Crippen molar-refractivity contribution in [3.63, 3.8) is 0 Å². The van der Waals surface area contributed by atoms with Crippen molar-refractivity contribution in [2.24, 2.45) is 0 Å². The quantitative estimate of drug-likeness (QED) is 0.787. The van der Waals surface area contributed by atoms with Crippen molar-refractivity contribution in [1.82, 2.24) is 19.9 Å². The number of H-pyrrole nitrogens is 1. The second-order valence-corrected chi connectivity index (χ2v) is 3.63. The molecule has 4 nitrogen and oxygen atoms in total. The first kappa shape index (κ1) is 9.15. The molecular formula is C10H14N4. The fourth-order valence-electron chi connectivity index (χ4n) is 1.36. The SMILES string of the molecule is CN(C)CCc1nc2ccncc2[nH]1. The maximum Gasteiger partial charge on any atom is 0.108 e. The molecule has 2 aromatic rings. The molecule has 0 aliphatic carbocycles. The Bertz CT molecular complexity index is 386. The van der Waals surface area contributed by atoms with Crippen LogP contribution in [0.3, 0.4) is 0 Å². The first-order valence-electron chi connectivity index (χ1n) is 4.69. The number of hydrogen-bond donors (Lipinski definition) is 1. The lowest BCUT2D eigenvalue weighted by atomic mass is 10.4. The Morgan fingerprint density at radius 1 is 1.43 bits per heavy atom. The van der Waals surface area contributed by atoms with Crippen LogP contribution >= 0.6 is 0 Å². The van der Waals surface area contributed by atoms with Gasteiger partial charge in [-0.3, -0.25) is 4.98 Å². The summed E-state index contributed by atoms with van der Waals surface area (Å²) < 4.78 is 0. The molecule has 2 heterocycles. The molecule has 0 radical (unpaired) electrons. The van der Waals surface area contributed by atoms with Gasteiger partial charge >= 0.3 is 0 Å². The molecule has 0 aliphatic rings. The predicted octanol–water partition coefficient (Wildman–Crippen LogP) is 1.06. The second kappa shape index (κ2) is 3.75. The Balaban J connectivity index is 2.19.